The summed E-state index contributed by atoms with van der Waals surface area (Å²) in [5.41, 5.74) is 4.53. The minimum Gasteiger partial charge on any atom is -0.396 e. The third-order valence-electron chi connectivity index (χ3n) is 4.46. The molecular weight excluding hydrogens is 272 g/mol. The molecule has 0 bridgehead atoms. The summed E-state index contributed by atoms with van der Waals surface area (Å²) < 4.78 is 5.27. The van der Waals surface area contributed by atoms with Crippen molar-refractivity contribution in [3.63, 3.8) is 0 Å². The second kappa shape index (κ2) is 9.12. The van der Waals surface area contributed by atoms with Crippen molar-refractivity contribution in [3.05, 3.63) is 47.1 Å². The lowest BCUT2D eigenvalue weighted by Gasteiger charge is -2.32. The maximum Gasteiger partial charge on any atom is 0.0776 e. The van der Waals surface area contributed by atoms with Crippen molar-refractivity contribution >= 4 is 0 Å². The Morgan fingerprint density at radius 2 is 2.14 bits per heavy atom. The summed E-state index contributed by atoms with van der Waals surface area (Å²) in [5, 5.41) is 8.93. The first-order valence-corrected chi connectivity index (χ1v) is 8.27. The number of hydrogen-bond donors (Lipinski definition) is 1. The third-order valence-corrected chi connectivity index (χ3v) is 4.46. The Labute approximate surface area is 136 Å². The number of ether oxygens (including phenoxy) is 1. The van der Waals surface area contributed by atoms with E-state index < -0.39 is 0 Å². The van der Waals surface area contributed by atoms with Gasteiger partial charge in [-0.1, -0.05) is 55.4 Å². The molecule has 0 heterocycles. The van der Waals surface area contributed by atoms with Gasteiger partial charge in [-0.25, -0.2) is 0 Å². The SMILES string of the molecule is COC(/C=C/C=C(C)/C=C/C1=C(C)CCCC1(C)C)CCO. The average Bonchev–Trinajstić information content (AvgIpc) is 2.45. The van der Waals surface area contributed by atoms with Crippen molar-refractivity contribution in [2.24, 2.45) is 5.41 Å². The largest absolute Gasteiger partial charge is 0.396 e. The van der Waals surface area contributed by atoms with Gasteiger partial charge in [0.1, 0.15) is 0 Å². The molecule has 124 valence electrons. The van der Waals surface area contributed by atoms with Crippen LogP contribution in [-0.4, -0.2) is 24.9 Å². The molecule has 0 aliphatic heterocycles. The van der Waals surface area contributed by atoms with Crippen LogP contribution in [0, 0.1) is 5.41 Å². The molecule has 22 heavy (non-hydrogen) atoms. The molecule has 0 radical (unpaired) electrons. The van der Waals surface area contributed by atoms with Gasteiger partial charge in [-0.3, -0.25) is 0 Å². The fourth-order valence-electron chi connectivity index (χ4n) is 3.03. The second-order valence-corrected chi connectivity index (χ2v) is 6.85. The maximum atomic E-state index is 8.93. The maximum absolute atomic E-state index is 8.93. The Bertz CT molecular complexity index is 464. The van der Waals surface area contributed by atoms with Crippen molar-refractivity contribution in [1.82, 2.24) is 0 Å². The van der Waals surface area contributed by atoms with Crippen LogP contribution < -0.4 is 0 Å². The lowest BCUT2D eigenvalue weighted by Crippen LogP contribution is -2.19. The van der Waals surface area contributed by atoms with E-state index in [-0.39, 0.29) is 18.1 Å². The first-order valence-electron chi connectivity index (χ1n) is 8.27. The molecule has 1 rings (SSSR count). The zero-order valence-corrected chi connectivity index (χ0v) is 14.9. The van der Waals surface area contributed by atoms with E-state index in [4.69, 9.17) is 9.84 Å². The summed E-state index contributed by atoms with van der Waals surface area (Å²) in [4.78, 5) is 0. The first-order chi connectivity index (χ1) is 10.4. The highest BCUT2D eigenvalue weighted by Crippen LogP contribution is 2.40. The monoisotopic (exact) mass is 304 g/mol. The zero-order valence-electron chi connectivity index (χ0n) is 14.9. The van der Waals surface area contributed by atoms with Gasteiger partial charge in [-0.15, -0.1) is 0 Å². The van der Waals surface area contributed by atoms with Crippen molar-refractivity contribution in [1.29, 1.82) is 0 Å². The van der Waals surface area contributed by atoms with Crippen LogP contribution in [-0.2, 0) is 4.74 Å². The minimum absolute atomic E-state index is 0.0136. The van der Waals surface area contributed by atoms with Crippen LogP contribution in [0.3, 0.4) is 0 Å². The van der Waals surface area contributed by atoms with E-state index in [9.17, 15) is 0 Å². The van der Waals surface area contributed by atoms with E-state index in [1.807, 2.05) is 12.2 Å². The highest BCUT2D eigenvalue weighted by atomic mass is 16.5. The highest BCUT2D eigenvalue weighted by molar-refractivity contribution is 5.36. The number of rotatable bonds is 7. The standard InChI is InChI=1S/C20H32O2/c1-16(8-6-10-18(22-5)13-15-21)11-12-19-17(2)9-7-14-20(19,3)4/h6,8,10-12,18,21H,7,9,13-15H2,1-5H3/b10-6+,12-11+,16-8+. The van der Waals surface area contributed by atoms with E-state index in [0.717, 1.165) is 0 Å². The number of methoxy groups -OCH3 is 1. The molecule has 0 aromatic rings. The van der Waals surface area contributed by atoms with Gasteiger partial charge in [0.2, 0.25) is 0 Å². The Hall–Kier alpha value is -1.12. The molecule has 0 saturated heterocycles. The summed E-state index contributed by atoms with van der Waals surface area (Å²) in [7, 11) is 1.67. The normalized spacial score (nSPS) is 21.1. The molecule has 1 aliphatic carbocycles. The van der Waals surface area contributed by atoms with Gasteiger partial charge in [0, 0.05) is 20.1 Å². The molecule has 2 nitrogen and oxygen atoms in total. The van der Waals surface area contributed by atoms with E-state index in [2.05, 4.69) is 45.9 Å². The van der Waals surface area contributed by atoms with Crippen LogP contribution in [0.5, 0.6) is 0 Å². The molecular formula is C20H32O2. The van der Waals surface area contributed by atoms with Crippen LogP contribution in [0.2, 0.25) is 0 Å². The van der Waals surface area contributed by atoms with Gasteiger partial charge in [0.25, 0.3) is 0 Å². The van der Waals surface area contributed by atoms with Crippen LogP contribution in [0.4, 0.5) is 0 Å². The molecule has 1 unspecified atom stereocenters. The van der Waals surface area contributed by atoms with E-state index >= 15 is 0 Å². The van der Waals surface area contributed by atoms with Gasteiger partial charge in [-0.05, 0) is 44.1 Å². The number of hydrogen-bond acceptors (Lipinski definition) is 2. The van der Waals surface area contributed by atoms with E-state index in [0.29, 0.717) is 6.42 Å². The molecule has 0 spiro atoms. The number of aliphatic hydroxyl groups excluding tert-OH is 1. The zero-order chi connectivity index (χ0) is 16.6. The lowest BCUT2D eigenvalue weighted by molar-refractivity contribution is 0.112. The second-order valence-electron chi connectivity index (χ2n) is 6.85. The molecule has 1 N–H and O–H groups in total. The minimum atomic E-state index is -0.0136. The van der Waals surface area contributed by atoms with Crippen molar-refractivity contribution in [2.75, 3.05) is 13.7 Å². The summed E-state index contributed by atoms with van der Waals surface area (Å²) in [6, 6.07) is 0. The third kappa shape index (κ3) is 5.94. The molecule has 0 amide bonds. The fraction of sp³-hybridized carbons (Fsp3) is 0.600. The Kier molecular flexibility index (Phi) is 7.84. The Morgan fingerprint density at radius 1 is 1.41 bits per heavy atom. The summed E-state index contributed by atoms with van der Waals surface area (Å²) in [6.07, 6.45) is 15.0. The van der Waals surface area contributed by atoms with Crippen molar-refractivity contribution in [3.8, 4) is 0 Å². The van der Waals surface area contributed by atoms with E-state index in [1.54, 1.807) is 7.11 Å². The topological polar surface area (TPSA) is 29.5 Å². The van der Waals surface area contributed by atoms with Crippen LogP contribution in [0.15, 0.2) is 47.1 Å². The first kappa shape index (κ1) is 18.9. The molecule has 0 aromatic heterocycles. The number of allylic oxidation sites excluding steroid dienone is 7. The Morgan fingerprint density at radius 3 is 2.73 bits per heavy atom. The molecule has 1 aliphatic rings. The predicted octanol–water partition coefficient (Wildman–Crippen LogP) is 4.97. The molecule has 2 heteroatoms. The van der Waals surface area contributed by atoms with Crippen LogP contribution in [0.1, 0.15) is 53.4 Å². The summed E-state index contributed by atoms with van der Waals surface area (Å²) >= 11 is 0. The molecule has 1 atom stereocenters. The predicted molar refractivity (Wildman–Crippen MR) is 94.9 cm³/mol. The quantitative estimate of drug-likeness (QED) is 0.673. The smallest absolute Gasteiger partial charge is 0.0776 e. The van der Waals surface area contributed by atoms with Gasteiger partial charge in [0.05, 0.1) is 6.10 Å². The van der Waals surface area contributed by atoms with Gasteiger partial charge >= 0.3 is 0 Å². The summed E-state index contributed by atoms with van der Waals surface area (Å²) in [5.74, 6) is 0. The van der Waals surface area contributed by atoms with E-state index in [1.165, 1.54) is 36.0 Å². The molecule has 0 aromatic carbocycles. The van der Waals surface area contributed by atoms with Crippen LogP contribution >= 0.6 is 0 Å². The lowest BCUT2D eigenvalue weighted by atomic mass is 9.72. The summed E-state index contributed by atoms with van der Waals surface area (Å²) in [6.45, 7) is 9.20. The molecule has 0 fully saturated rings. The van der Waals surface area contributed by atoms with Gasteiger partial charge in [0.15, 0.2) is 0 Å². The van der Waals surface area contributed by atoms with Gasteiger partial charge < -0.3 is 9.84 Å². The van der Waals surface area contributed by atoms with Crippen LogP contribution in [0.25, 0.3) is 0 Å². The average molecular weight is 304 g/mol. The fourth-order valence-corrected chi connectivity index (χ4v) is 3.03. The van der Waals surface area contributed by atoms with Gasteiger partial charge in [-0.2, -0.15) is 0 Å². The van der Waals surface area contributed by atoms with Crippen molar-refractivity contribution < 1.29 is 9.84 Å². The van der Waals surface area contributed by atoms with Crippen molar-refractivity contribution in [2.45, 2.75) is 59.5 Å². The molecule has 0 saturated carbocycles. The number of aliphatic hydroxyl groups is 1. The highest BCUT2D eigenvalue weighted by Gasteiger charge is 2.26. The Balaban J connectivity index is 2.72.